The standard InChI is InChI=1S/C14H23N5O2/c1-2-21-9-13-17-11(15)7-14(18-13)19(8-12(16)20)10-5-3-4-6-10/h7,10H,2-6,8-9H2,1H3,(H2,16,20)(H2,15,17,18). The Kier molecular flexibility index (Phi) is 5.32. The number of hydrogen-bond acceptors (Lipinski definition) is 6. The molecule has 116 valence electrons. The molecule has 1 aromatic heterocycles. The highest BCUT2D eigenvalue weighted by Gasteiger charge is 2.25. The number of aromatic nitrogens is 2. The number of primary amides is 1. The first-order chi connectivity index (χ1) is 10.1. The van der Waals surface area contributed by atoms with Crippen LogP contribution in [0.4, 0.5) is 11.6 Å². The normalized spacial score (nSPS) is 15.3. The molecule has 21 heavy (non-hydrogen) atoms. The maximum absolute atomic E-state index is 11.4. The number of nitrogens with two attached hydrogens (primary N) is 2. The molecule has 4 N–H and O–H groups in total. The topological polar surface area (TPSA) is 107 Å². The van der Waals surface area contributed by atoms with Gasteiger partial charge in [-0.3, -0.25) is 4.79 Å². The zero-order valence-corrected chi connectivity index (χ0v) is 12.4. The molecule has 0 unspecified atom stereocenters. The molecule has 1 heterocycles. The van der Waals surface area contributed by atoms with Gasteiger partial charge in [0.15, 0.2) is 5.82 Å². The van der Waals surface area contributed by atoms with Crippen molar-refractivity contribution in [1.82, 2.24) is 9.97 Å². The number of nitrogen functional groups attached to an aromatic ring is 1. The lowest BCUT2D eigenvalue weighted by Crippen LogP contribution is -2.41. The minimum Gasteiger partial charge on any atom is -0.384 e. The van der Waals surface area contributed by atoms with Gasteiger partial charge in [-0.05, 0) is 19.8 Å². The van der Waals surface area contributed by atoms with Gasteiger partial charge < -0.3 is 21.1 Å². The van der Waals surface area contributed by atoms with Crippen molar-refractivity contribution in [3.63, 3.8) is 0 Å². The van der Waals surface area contributed by atoms with Crippen molar-refractivity contribution in [2.24, 2.45) is 5.73 Å². The van der Waals surface area contributed by atoms with E-state index in [9.17, 15) is 4.79 Å². The summed E-state index contributed by atoms with van der Waals surface area (Å²) in [7, 11) is 0. The molecule has 0 aliphatic heterocycles. The summed E-state index contributed by atoms with van der Waals surface area (Å²) in [6.45, 7) is 2.95. The Hall–Kier alpha value is -1.89. The summed E-state index contributed by atoms with van der Waals surface area (Å²) < 4.78 is 5.33. The molecule has 0 atom stereocenters. The Morgan fingerprint density at radius 1 is 1.43 bits per heavy atom. The third-order valence-corrected chi connectivity index (χ3v) is 3.60. The van der Waals surface area contributed by atoms with Gasteiger partial charge in [-0.25, -0.2) is 9.97 Å². The fourth-order valence-electron chi connectivity index (χ4n) is 2.69. The fraction of sp³-hybridized carbons (Fsp3) is 0.643. The van der Waals surface area contributed by atoms with Gasteiger partial charge in [0.25, 0.3) is 0 Å². The van der Waals surface area contributed by atoms with E-state index in [-0.39, 0.29) is 18.5 Å². The number of amides is 1. The third-order valence-electron chi connectivity index (χ3n) is 3.60. The summed E-state index contributed by atoms with van der Waals surface area (Å²) in [6, 6.07) is 1.98. The molecule has 7 heteroatoms. The van der Waals surface area contributed by atoms with Crippen molar-refractivity contribution in [3.8, 4) is 0 Å². The molecule has 1 amide bonds. The number of anilines is 2. The van der Waals surface area contributed by atoms with E-state index in [2.05, 4.69) is 9.97 Å². The van der Waals surface area contributed by atoms with Crippen LogP contribution in [0.2, 0.25) is 0 Å². The molecule has 0 bridgehead atoms. The first kappa shape index (κ1) is 15.5. The Morgan fingerprint density at radius 3 is 2.76 bits per heavy atom. The molecule has 1 fully saturated rings. The average Bonchev–Trinajstić information content (AvgIpc) is 2.95. The second-order valence-corrected chi connectivity index (χ2v) is 5.24. The maximum Gasteiger partial charge on any atom is 0.237 e. The highest BCUT2D eigenvalue weighted by molar-refractivity contribution is 5.79. The van der Waals surface area contributed by atoms with E-state index in [1.54, 1.807) is 6.07 Å². The summed E-state index contributed by atoms with van der Waals surface area (Å²) in [6.07, 6.45) is 4.40. The van der Waals surface area contributed by atoms with Crippen LogP contribution < -0.4 is 16.4 Å². The van der Waals surface area contributed by atoms with Gasteiger partial charge in [-0.15, -0.1) is 0 Å². The van der Waals surface area contributed by atoms with Gasteiger partial charge in [0.2, 0.25) is 5.91 Å². The van der Waals surface area contributed by atoms with Crippen molar-refractivity contribution in [2.75, 3.05) is 23.8 Å². The van der Waals surface area contributed by atoms with Gasteiger partial charge in [-0.1, -0.05) is 12.8 Å². The lowest BCUT2D eigenvalue weighted by atomic mass is 10.2. The summed E-state index contributed by atoms with van der Waals surface area (Å²) in [5, 5.41) is 0. The van der Waals surface area contributed by atoms with Crippen LogP contribution in [0, 0.1) is 0 Å². The SMILES string of the molecule is CCOCc1nc(N)cc(N(CC(N)=O)C2CCCC2)n1. The van der Waals surface area contributed by atoms with Crippen LogP contribution in [0.1, 0.15) is 38.4 Å². The number of rotatable bonds is 7. The Morgan fingerprint density at radius 2 is 2.14 bits per heavy atom. The summed E-state index contributed by atoms with van der Waals surface area (Å²) >= 11 is 0. The second kappa shape index (κ2) is 7.21. The van der Waals surface area contributed by atoms with Gasteiger partial charge >= 0.3 is 0 Å². The molecule has 0 aromatic carbocycles. The van der Waals surface area contributed by atoms with E-state index in [0.717, 1.165) is 25.7 Å². The molecule has 1 aliphatic rings. The van der Waals surface area contributed by atoms with Gasteiger partial charge in [0.1, 0.15) is 18.2 Å². The van der Waals surface area contributed by atoms with Crippen molar-refractivity contribution < 1.29 is 9.53 Å². The number of carbonyl (C=O) groups is 1. The molecule has 0 radical (unpaired) electrons. The monoisotopic (exact) mass is 293 g/mol. The van der Waals surface area contributed by atoms with Crippen molar-refractivity contribution in [1.29, 1.82) is 0 Å². The molecular weight excluding hydrogens is 270 g/mol. The quantitative estimate of drug-likeness (QED) is 0.771. The molecule has 7 nitrogen and oxygen atoms in total. The van der Waals surface area contributed by atoms with E-state index in [1.807, 2.05) is 11.8 Å². The summed E-state index contributed by atoms with van der Waals surface area (Å²) in [4.78, 5) is 21.9. The van der Waals surface area contributed by atoms with Gasteiger partial charge in [0, 0.05) is 18.7 Å². The fourth-order valence-corrected chi connectivity index (χ4v) is 2.69. The van der Waals surface area contributed by atoms with Crippen molar-refractivity contribution in [2.45, 2.75) is 45.3 Å². The minimum absolute atomic E-state index is 0.148. The predicted molar refractivity (Wildman–Crippen MR) is 80.6 cm³/mol. The van der Waals surface area contributed by atoms with Gasteiger partial charge in [-0.2, -0.15) is 0 Å². The van der Waals surface area contributed by atoms with Crippen molar-refractivity contribution in [3.05, 3.63) is 11.9 Å². The van der Waals surface area contributed by atoms with Crippen LogP contribution in [-0.2, 0) is 16.1 Å². The average molecular weight is 293 g/mol. The summed E-state index contributed by atoms with van der Waals surface area (Å²) in [5.74, 6) is 1.19. The van der Waals surface area contributed by atoms with Crippen LogP contribution in [0.25, 0.3) is 0 Å². The Bertz CT molecular complexity index is 488. The largest absolute Gasteiger partial charge is 0.384 e. The van der Waals surface area contributed by atoms with E-state index >= 15 is 0 Å². The van der Waals surface area contributed by atoms with Crippen molar-refractivity contribution >= 4 is 17.5 Å². The lowest BCUT2D eigenvalue weighted by molar-refractivity contribution is -0.116. The maximum atomic E-state index is 11.4. The third kappa shape index (κ3) is 4.29. The minimum atomic E-state index is -0.370. The van der Waals surface area contributed by atoms with Gasteiger partial charge in [0.05, 0.1) is 6.54 Å². The lowest BCUT2D eigenvalue weighted by Gasteiger charge is -2.29. The molecule has 0 spiro atoms. The number of hydrogen-bond donors (Lipinski definition) is 2. The molecule has 1 aliphatic carbocycles. The zero-order chi connectivity index (χ0) is 15.2. The van der Waals surface area contributed by atoms with Crippen LogP contribution in [-0.4, -0.2) is 35.1 Å². The van der Waals surface area contributed by atoms with Crippen LogP contribution >= 0.6 is 0 Å². The summed E-state index contributed by atoms with van der Waals surface area (Å²) in [5.41, 5.74) is 11.2. The van der Waals surface area contributed by atoms with E-state index in [1.165, 1.54) is 0 Å². The second-order valence-electron chi connectivity index (χ2n) is 5.24. The molecule has 1 saturated carbocycles. The zero-order valence-electron chi connectivity index (χ0n) is 12.4. The highest BCUT2D eigenvalue weighted by Crippen LogP contribution is 2.27. The predicted octanol–water partition coefficient (Wildman–Crippen LogP) is 0.830. The van der Waals surface area contributed by atoms with Crippen LogP contribution in [0.3, 0.4) is 0 Å². The first-order valence-corrected chi connectivity index (χ1v) is 7.36. The molecular formula is C14H23N5O2. The first-order valence-electron chi connectivity index (χ1n) is 7.36. The molecule has 2 rings (SSSR count). The number of carbonyl (C=O) groups excluding carboxylic acids is 1. The van der Waals surface area contributed by atoms with Crippen LogP contribution in [0.5, 0.6) is 0 Å². The van der Waals surface area contributed by atoms with E-state index < -0.39 is 0 Å². The van der Waals surface area contributed by atoms with E-state index in [4.69, 9.17) is 16.2 Å². The van der Waals surface area contributed by atoms with Crippen LogP contribution in [0.15, 0.2) is 6.07 Å². The molecule has 1 aromatic rings. The highest BCUT2D eigenvalue weighted by atomic mass is 16.5. The Balaban J connectivity index is 2.24. The molecule has 0 saturated heterocycles. The Labute approximate surface area is 124 Å². The van der Waals surface area contributed by atoms with E-state index in [0.29, 0.717) is 30.7 Å². The number of ether oxygens (including phenoxy) is 1. The number of nitrogens with zero attached hydrogens (tertiary/aromatic N) is 3. The smallest absolute Gasteiger partial charge is 0.237 e.